The van der Waals surface area contributed by atoms with Crippen LogP contribution in [-0.4, -0.2) is 17.9 Å². The zero-order chi connectivity index (χ0) is 17.2. The fourth-order valence-electron chi connectivity index (χ4n) is 2.39. The van der Waals surface area contributed by atoms with Gasteiger partial charge in [-0.1, -0.05) is 74.0 Å². The lowest BCUT2D eigenvalue weighted by Crippen LogP contribution is -2.42. The van der Waals surface area contributed by atoms with E-state index in [1.54, 1.807) is 0 Å². The van der Waals surface area contributed by atoms with Gasteiger partial charge in [0.25, 0.3) is 0 Å². The zero-order valence-electron chi connectivity index (χ0n) is 13.9. The van der Waals surface area contributed by atoms with Crippen LogP contribution in [0.4, 0.5) is 0 Å². The first-order valence-electron chi connectivity index (χ1n) is 8.23. The number of amides is 1. The average molecular weight is 325 g/mol. The Morgan fingerprint density at radius 2 is 1.54 bits per heavy atom. The van der Waals surface area contributed by atoms with Gasteiger partial charge in [-0.15, -0.1) is 0 Å². The predicted molar refractivity (Wildman–Crippen MR) is 93.2 cm³/mol. The summed E-state index contributed by atoms with van der Waals surface area (Å²) in [6.07, 6.45) is 1.61. The molecule has 1 atom stereocenters. The molecule has 0 bridgehead atoms. The van der Waals surface area contributed by atoms with Gasteiger partial charge in [0.05, 0.1) is 6.42 Å². The Hall–Kier alpha value is -2.62. The normalized spacial score (nSPS) is 11.5. The Labute approximate surface area is 142 Å². The summed E-state index contributed by atoms with van der Waals surface area (Å²) in [6, 6.07) is 18.4. The van der Waals surface area contributed by atoms with Crippen LogP contribution in [0.5, 0.6) is 0 Å². The third-order valence-corrected chi connectivity index (χ3v) is 3.63. The predicted octanol–water partition coefficient (Wildman–Crippen LogP) is 3.26. The van der Waals surface area contributed by atoms with Gasteiger partial charge >= 0.3 is 5.97 Å². The Morgan fingerprint density at radius 1 is 0.958 bits per heavy atom. The quantitative estimate of drug-likeness (QED) is 0.758. The fraction of sp³-hybridized carbons (Fsp3) is 0.300. The van der Waals surface area contributed by atoms with Crippen LogP contribution in [-0.2, 0) is 27.4 Å². The van der Waals surface area contributed by atoms with Gasteiger partial charge in [-0.05, 0) is 17.5 Å². The van der Waals surface area contributed by atoms with Gasteiger partial charge in [0, 0.05) is 0 Å². The molecule has 0 aliphatic carbocycles. The zero-order valence-corrected chi connectivity index (χ0v) is 13.9. The molecule has 0 radical (unpaired) electrons. The maximum atomic E-state index is 12.3. The van der Waals surface area contributed by atoms with Gasteiger partial charge in [-0.25, -0.2) is 4.79 Å². The van der Waals surface area contributed by atoms with E-state index < -0.39 is 6.04 Å². The van der Waals surface area contributed by atoms with Crippen molar-refractivity contribution in [2.45, 2.75) is 38.8 Å². The number of nitrogens with one attached hydrogen (secondary N) is 1. The van der Waals surface area contributed by atoms with Crippen molar-refractivity contribution in [3.8, 4) is 0 Å². The van der Waals surface area contributed by atoms with Crippen molar-refractivity contribution in [1.82, 2.24) is 5.32 Å². The summed E-state index contributed by atoms with van der Waals surface area (Å²) in [6.45, 7) is 2.19. The van der Waals surface area contributed by atoms with E-state index in [0.717, 1.165) is 17.5 Å². The Kier molecular flexibility index (Phi) is 7.02. The van der Waals surface area contributed by atoms with E-state index in [2.05, 4.69) is 5.32 Å². The largest absolute Gasteiger partial charge is 0.459 e. The molecule has 0 fully saturated rings. The second-order valence-corrected chi connectivity index (χ2v) is 5.66. The molecule has 2 aromatic rings. The minimum Gasteiger partial charge on any atom is -0.459 e. The number of carbonyl (C=O) groups is 2. The van der Waals surface area contributed by atoms with E-state index in [9.17, 15) is 9.59 Å². The van der Waals surface area contributed by atoms with Crippen molar-refractivity contribution >= 4 is 11.9 Å². The van der Waals surface area contributed by atoms with Crippen molar-refractivity contribution in [3.63, 3.8) is 0 Å². The fourth-order valence-corrected chi connectivity index (χ4v) is 2.39. The highest BCUT2D eigenvalue weighted by Crippen LogP contribution is 2.06. The third-order valence-electron chi connectivity index (χ3n) is 3.63. The molecular weight excluding hydrogens is 302 g/mol. The van der Waals surface area contributed by atoms with Crippen molar-refractivity contribution in [2.24, 2.45) is 0 Å². The highest BCUT2D eigenvalue weighted by atomic mass is 16.5. The summed E-state index contributed by atoms with van der Waals surface area (Å²) >= 11 is 0. The van der Waals surface area contributed by atoms with E-state index in [1.807, 2.05) is 67.6 Å². The summed E-state index contributed by atoms with van der Waals surface area (Å²) in [4.78, 5) is 24.4. The van der Waals surface area contributed by atoms with Crippen LogP contribution in [0.1, 0.15) is 30.9 Å². The van der Waals surface area contributed by atoms with Crippen molar-refractivity contribution in [1.29, 1.82) is 0 Å². The molecule has 0 aliphatic heterocycles. The van der Waals surface area contributed by atoms with E-state index in [-0.39, 0.29) is 24.9 Å². The maximum absolute atomic E-state index is 12.3. The number of hydrogen-bond acceptors (Lipinski definition) is 3. The summed E-state index contributed by atoms with van der Waals surface area (Å²) in [5.74, 6) is -0.557. The van der Waals surface area contributed by atoms with Crippen molar-refractivity contribution in [2.75, 3.05) is 0 Å². The summed E-state index contributed by atoms with van der Waals surface area (Å²) in [7, 11) is 0. The van der Waals surface area contributed by atoms with Gasteiger partial charge in [-0.3, -0.25) is 4.79 Å². The number of rotatable bonds is 8. The van der Waals surface area contributed by atoms with E-state index in [4.69, 9.17) is 4.74 Å². The molecule has 4 nitrogen and oxygen atoms in total. The van der Waals surface area contributed by atoms with Gasteiger partial charge in [0.1, 0.15) is 12.6 Å². The van der Waals surface area contributed by atoms with Crippen molar-refractivity contribution in [3.05, 3.63) is 71.8 Å². The highest BCUT2D eigenvalue weighted by molar-refractivity contribution is 5.85. The van der Waals surface area contributed by atoms with Crippen LogP contribution in [0.15, 0.2) is 60.7 Å². The molecule has 1 amide bonds. The van der Waals surface area contributed by atoms with Crippen LogP contribution in [0.25, 0.3) is 0 Å². The number of hydrogen-bond donors (Lipinski definition) is 1. The monoisotopic (exact) mass is 325 g/mol. The minimum absolute atomic E-state index is 0.170. The minimum atomic E-state index is -0.602. The van der Waals surface area contributed by atoms with E-state index in [0.29, 0.717) is 6.42 Å². The summed E-state index contributed by atoms with van der Waals surface area (Å²) < 4.78 is 5.34. The lowest BCUT2D eigenvalue weighted by molar-refractivity contribution is -0.149. The standard InChI is InChI=1S/C20H23NO3/c1-2-9-18(20(23)24-15-17-12-7-4-8-13-17)21-19(22)14-16-10-5-3-6-11-16/h3-8,10-13,18H,2,9,14-15H2,1H3,(H,21,22). The second-order valence-electron chi connectivity index (χ2n) is 5.66. The molecule has 0 aliphatic rings. The molecule has 0 saturated carbocycles. The molecule has 24 heavy (non-hydrogen) atoms. The molecule has 2 rings (SSSR count). The van der Waals surface area contributed by atoms with Gasteiger partial charge in [-0.2, -0.15) is 0 Å². The SMILES string of the molecule is CCCC(NC(=O)Cc1ccccc1)C(=O)OCc1ccccc1. The molecule has 1 N–H and O–H groups in total. The Morgan fingerprint density at radius 3 is 2.12 bits per heavy atom. The lowest BCUT2D eigenvalue weighted by atomic mass is 10.1. The maximum Gasteiger partial charge on any atom is 0.328 e. The summed E-state index contributed by atoms with van der Waals surface area (Å²) in [5.41, 5.74) is 1.85. The van der Waals surface area contributed by atoms with Crippen molar-refractivity contribution < 1.29 is 14.3 Å². The molecule has 2 aromatic carbocycles. The van der Waals surface area contributed by atoms with E-state index >= 15 is 0 Å². The molecule has 4 heteroatoms. The molecule has 126 valence electrons. The second kappa shape index (κ2) is 9.50. The van der Waals surface area contributed by atoms with Crippen LogP contribution in [0, 0.1) is 0 Å². The number of benzene rings is 2. The topological polar surface area (TPSA) is 55.4 Å². The summed E-state index contributed by atoms with van der Waals surface area (Å²) in [5, 5.41) is 2.79. The first-order valence-corrected chi connectivity index (χ1v) is 8.23. The Bertz CT molecular complexity index is 640. The van der Waals surface area contributed by atoms with E-state index in [1.165, 1.54) is 0 Å². The van der Waals surface area contributed by atoms with Crippen LogP contribution < -0.4 is 5.32 Å². The smallest absolute Gasteiger partial charge is 0.328 e. The van der Waals surface area contributed by atoms with Crippen LogP contribution in [0.2, 0.25) is 0 Å². The molecule has 0 spiro atoms. The van der Waals surface area contributed by atoms with Crippen LogP contribution >= 0.6 is 0 Å². The number of ether oxygens (including phenoxy) is 1. The molecular formula is C20H23NO3. The van der Waals surface area contributed by atoms with Crippen LogP contribution in [0.3, 0.4) is 0 Å². The molecule has 0 aromatic heterocycles. The van der Waals surface area contributed by atoms with Gasteiger partial charge in [0.2, 0.25) is 5.91 Å². The van der Waals surface area contributed by atoms with Gasteiger partial charge < -0.3 is 10.1 Å². The third kappa shape index (κ3) is 5.88. The van der Waals surface area contributed by atoms with Gasteiger partial charge in [0.15, 0.2) is 0 Å². The first kappa shape index (κ1) is 17.7. The highest BCUT2D eigenvalue weighted by Gasteiger charge is 2.21. The average Bonchev–Trinajstić information content (AvgIpc) is 2.61. The Balaban J connectivity index is 1.87. The molecule has 0 heterocycles. The molecule has 0 saturated heterocycles. The number of esters is 1. The lowest BCUT2D eigenvalue weighted by Gasteiger charge is -2.17. The number of carbonyl (C=O) groups excluding carboxylic acids is 2. The first-order chi connectivity index (χ1) is 11.7. The molecule has 1 unspecified atom stereocenters.